The molecule has 0 saturated carbocycles. The lowest BCUT2D eigenvalue weighted by molar-refractivity contribution is 0.423. The Balaban J connectivity index is 1.14. The van der Waals surface area contributed by atoms with Gasteiger partial charge in [0.15, 0.2) is 0 Å². The van der Waals surface area contributed by atoms with Crippen LogP contribution in [-0.4, -0.2) is 4.57 Å². The van der Waals surface area contributed by atoms with E-state index in [4.69, 9.17) is 8.83 Å². The summed E-state index contributed by atoms with van der Waals surface area (Å²) in [5.74, 6) is 0.763. The summed E-state index contributed by atoms with van der Waals surface area (Å²) in [4.78, 5) is 0. The SMILES string of the molecule is C=C/C(=C/c1c(/C=C\c2coc3ccccc23)oc2ccccc12)Nc1cccc(-c2ccc3c(c2)c2ccccc2n3C(C)(C)C)c1. The summed E-state index contributed by atoms with van der Waals surface area (Å²) in [7, 11) is 0. The highest BCUT2D eigenvalue weighted by Gasteiger charge is 2.20. The van der Waals surface area contributed by atoms with Crippen molar-refractivity contribution in [3.05, 3.63) is 157 Å². The number of nitrogens with zero attached hydrogens (tertiary/aromatic N) is 1. The molecule has 8 aromatic rings. The molecule has 0 saturated heterocycles. The summed E-state index contributed by atoms with van der Waals surface area (Å²) < 4.78 is 14.5. The maximum Gasteiger partial charge on any atom is 0.135 e. The zero-order valence-electron chi connectivity index (χ0n) is 27.3. The van der Waals surface area contributed by atoms with Crippen molar-refractivity contribution in [2.45, 2.75) is 26.3 Å². The molecule has 0 atom stereocenters. The Kier molecular flexibility index (Phi) is 7.14. The number of furan rings is 2. The number of hydrogen-bond donors (Lipinski definition) is 1. The highest BCUT2D eigenvalue weighted by atomic mass is 16.3. The third kappa shape index (κ3) is 5.22. The molecule has 4 nitrogen and oxygen atoms in total. The molecular weight excluding hydrogens is 588 g/mol. The first-order chi connectivity index (χ1) is 23.4. The molecule has 3 heterocycles. The second-order valence-corrected chi connectivity index (χ2v) is 13.2. The van der Waals surface area contributed by atoms with Gasteiger partial charge in [-0.2, -0.15) is 0 Å². The summed E-state index contributed by atoms with van der Waals surface area (Å²) >= 11 is 0. The van der Waals surface area contributed by atoms with Crippen LogP contribution in [0.4, 0.5) is 5.69 Å². The second kappa shape index (κ2) is 11.7. The van der Waals surface area contributed by atoms with E-state index in [9.17, 15) is 0 Å². The summed E-state index contributed by atoms with van der Waals surface area (Å²) in [5, 5.41) is 8.24. The van der Waals surface area contributed by atoms with Crippen molar-refractivity contribution in [1.29, 1.82) is 0 Å². The Morgan fingerprint density at radius 2 is 1.40 bits per heavy atom. The Hall–Kier alpha value is -6.00. The van der Waals surface area contributed by atoms with Crippen LogP contribution in [0.15, 0.2) is 149 Å². The van der Waals surface area contributed by atoms with Gasteiger partial charge in [-0.15, -0.1) is 0 Å². The minimum atomic E-state index is -0.0380. The Bertz CT molecular complexity index is 2540. The number of rotatable bonds is 7. The Morgan fingerprint density at radius 1 is 0.688 bits per heavy atom. The van der Waals surface area contributed by atoms with Gasteiger partial charge in [-0.05, 0) is 98.7 Å². The van der Waals surface area contributed by atoms with Crippen LogP contribution in [0.2, 0.25) is 0 Å². The van der Waals surface area contributed by atoms with E-state index in [2.05, 4.69) is 122 Å². The predicted octanol–water partition coefficient (Wildman–Crippen LogP) is 12.5. The van der Waals surface area contributed by atoms with E-state index in [-0.39, 0.29) is 5.54 Å². The highest BCUT2D eigenvalue weighted by molar-refractivity contribution is 6.09. The van der Waals surface area contributed by atoms with E-state index in [0.717, 1.165) is 55.8 Å². The first-order valence-corrected chi connectivity index (χ1v) is 16.3. The maximum absolute atomic E-state index is 6.34. The zero-order valence-corrected chi connectivity index (χ0v) is 27.3. The summed E-state index contributed by atoms with van der Waals surface area (Å²) in [6, 6.07) is 40.2. The van der Waals surface area contributed by atoms with Gasteiger partial charge >= 0.3 is 0 Å². The highest BCUT2D eigenvalue weighted by Crippen LogP contribution is 2.37. The minimum absolute atomic E-state index is 0.0380. The van der Waals surface area contributed by atoms with Crippen molar-refractivity contribution < 1.29 is 8.83 Å². The van der Waals surface area contributed by atoms with Crippen molar-refractivity contribution in [3.63, 3.8) is 0 Å². The van der Waals surface area contributed by atoms with Crippen molar-refractivity contribution in [3.8, 4) is 11.1 Å². The number of fused-ring (bicyclic) bond motifs is 5. The minimum Gasteiger partial charge on any atom is -0.464 e. The normalized spacial score (nSPS) is 12.6. The van der Waals surface area contributed by atoms with Gasteiger partial charge in [-0.25, -0.2) is 0 Å². The third-order valence-corrected chi connectivity index (χ3v) is 8.94. The van der Waals surface area contributed by atoms with E-state index in [1.807, 2.05) is 54.6 Å². The first-order valence-electron chi connectivity index (χ1n) is 16.3. The van der Waals surface area contributed by atoms with Crippen molar-refractivity contribution in [2.24, 2.45) is 0 Å². The predicted molar refractivity (Wildman–Crippen MR) is 203 cm³/mol. The number of allylic oxidation sites excluding steroid dienone is 1. The first kappa shape index (κ1) is 29.4. The molecule has 0 aliphatic heterocycles. The molecule has 0 fully saturated rings. The lowest BCUT2D eigenvalue weighted by Crippen LogP contribution is -2.21. The third-order valence-electron chi connectivity index (χ3n) is 8.94. The topological polar surface area (TPSA) is 43.2 Å². The van der Waals surface area contributed by atoms with Gasteiger partial charge in [0.1, 0.15) is 16.9 Å². The fourth-order valence-corrected chi connectivity index (χ4v) is 6.77. The van der Waals surface area contributed by atoms with E-state index in [1.165, 1.54) is 27.4 Å². The largest absolute Gasteiger partial charge is 0.464 e. The molecule has 0 aliphatic rings. The average Bonchev–Trinajstić information content (AvgIpc) is 3.78. The summed E-state index contributed by atoms with van der Waals surface area (Å²) in [6.45, 7) is 10.9. The van der Waals surface area contributed by atoms with Crippen LogP contribution in [0.25, 0.3) is 73.1 Å². The number of anilines is 1. The summed E-state index contributed by atoms with van der Waals surface area (Å²) in [5.41, 5.74) is 10.3. The Labute approximate surface area is 279 Å². The monoisotopic (exact) mass is 624 g/mol. The van der Waals surface area contributed by atoms with Gasteiger partial charge in [-0.1, -0.05) is 79.4 Å². The molecule has 0 bridgehead atoms. The second-order valence-electron chi connectivity index (χ2n) is 13.2. The van der Waals surface area contributed by atoms with Crippen molar-refractivity contribution in [1.82, 2.24) is 4.57 Å². The number of nitrogens with one attached hydrogen (secondary N) is 1. The molecule has 1 N–H and O–H groups in total. The molecule has 5 aromatic carbocycles. The van der Waals surface area contributed by atoms with E-state index >= 15 is 0 Å². The molecule has 0 radical (unpaired) electrons. The van der Waals surface area contributed by atoms with Crippen LogP contribution >= 0.6 is 0 Å². The van der Waals surface area contributed by atoms with Gasteiger partial charge in [-0.3, -0.25) is 0 Å². The fourth-order valence-electron chi connectivity index (χ4n) is 6.77. The molecular formula is C44H36N2O2. The van der Waals surface area contributed by atoms with Crippen LogP contribution in [0.3, 0.4) is 0 Å². The van der Waals surface area contributed by atoms with Crippen LogP contribution in [0, 0.1) is 0 Å². The Morgan fingerprint density at radius 3 is 2.21 bits per heavy atom. The van der Waals surface area contributed by atoms with Crippen LogP contribution in [0.1, 0.15) is 37.7 Å². The van der Waals surface area contributed by atoms with Crippen LogP contribution < -0.4 is 5.32 Å². The molecule has 0 amide bonds. The number of para-hydroxylation sites is 3. The molecule has 234 valence electrons. The van der Waals surface area contributed by atoms with Gasteiger partial charge in [0.05, 0.1) is 6.26 Å². The zero-order chi connectivity index (χ0) is 32.8. The van der Waals surface area contributed by atoms with Crippen molar-refractivity contribution >= 4 is 67.7 Å². The quantitative estimate of drug-likeness (QED) is 0.179. The molecule has 0 aliphatic carbocycles. The van der Waals surface area contributed by atoms with E-state index in [0.29, 0.717) is 0 Å². The molecule has 48 heavy (non-hydrogen) atoms. The van der Waals surface area contributed by atoms with Gasteiger partial charge < -0.3 is 18.7 Å². The van der Waals surface area contributed by atoms with Crippen LogP contribution in [-0.2, 0) is 5.54 Å². The van der Waals surface area contributed by atoms with Crippen molar-refractivity contribution in [2.75, 3.05) is 5.32 Å². The molecule has 0 unspecified atom stereocenters. The van der Waals surface area contributed by atoms with Gasteiger partial charge in [0.25, 0.3) is 0 Å². The molecule has 8 rings (SSSR count). The van der Waals surface area contributed by atoms with Gasteiger partial charge in [0.2, 0.25) is 0 Å². The lowest BCUT2D eigenvalue weighted by atomic mass is 10.0. The average molecular weight is 625 g/mol. The molecule has 0 spiro atoms. The number of benzene rings is 5. The van der Waals surface area contributed by atoms with Crippen LogP contribution in [0.5, 0.6) is 0 Å². The van der Waals surface area contributed by atoms with E-state index in [1.54, 1.807) is 6.26 Å². The maximum atomic E-state index is 6.34. The smallest absolute Gasteiger partial charge is 0.135 e. The number of hydrogen-bond acceptors (Lipinski definition) is 3. The number of aromatic nitrogens is 1. The lowest BCUT2D eigenvalue weighted by Gasteiger charge is -2.24. The standard InChI is InChI=1S/C44H36N2O2/c1-5-32(27-38-36-17-8-11-20-42(36)48-43(38)24-22-31-28-47-41-19-10-7-15-34(31)41)45-33-14-12-13-29(25-33)30-21-23-40-37(26-30)35-16-6-9-18-39(35)46(40)44(2,3)4/h5-28,45H,1H2,2-4H3/b24-22-,32-27-. The summed E-state index contributed by atoms with van der Waals surface area (Å²) in [6.07, 6.45) is 9.78. The van der Waals surface area contributed by atoms with Gasteiger partial charge in [0, 0.05) is 60.6 Å². The molecule has 3 aromatic heterocycles. The fraction of sp³-hybridized carbons (Fsp3) is 0.0909. The van der Waals surface area contributed by atoms with E-state index < -0.39 is 0 Å². The molecule has 4 heteroatoms.